The zero-order chi connectivity index (χ0) is 25.9. The molecule has 36 heavy (non-hydrogen) atoms. The first-order chi connectivity index (χ1) is 17.4. The number of fused-ring (bicyclic) bond motifs is 1. The maximum absolute atomic E-state index is 14.3. The van der Waals surface area contributed by atoms with Crippen molar-refractivity contribution >= 4 is 29.5 Å². The van der Waals surface area contributed by atoms with Crippen molar-refractivity contribution in [3.8, 4) is 0 Å². The van der Waals surface area contributed by atoms with Crippen molar-refractivity contribution in [2.45, 2.75) is 48.3 Å². The molecule has 0 saturated carbocycles. The van der Waals surface area contributed by atoms with Crippen molar-refractivity contribution < 1.29 is 29.0 Å². The van der Waals surface area contributed by atoms with E-state index in [9.17, 15) is 19.5 Å². The van der Waals surface area contributed by atoms with Gasteiger partial charge in [-0.05, 0) is 19.3 Å². The van der Waals surface area contributed by atoms with Crippen LogP contribution in [0.1, 0.15) is 26.2 Å². The highest BCUT2D eigenvalue weighted by Gasteiger charge is 2.74. The molecule has 6 atom stereocenters. The van der Waals surface area contributed by atoms with Crippen molar-refractivity contribution in [2.75, 3.05) is 59.2 Å². The number of hydrogen-bond acceptors (Lipinski definition) is 8. The van der Waals surface area contributed by atoms with Gasteiger partial charge in [0.15, 0.2) is 0 Å². The molecule has 0 aliphatic carbocycles. The molecule has 2 unspecified atom stereocenters. The van der Waals surface area contributed by atoms with Crippen LogP contribution in [0.2, 0.25) is 0 Å². The van der Waals surface area contributed by atoms with E-state index < -0.39 is 34.6 Å². The monoisotopic (exact) mass is 521 g/mol. The maximum Gasteiger partial charge on any atom is 0.311 e. The normalized spacial score (nSPS) is 32.3. The topological polar surface area (TPSA) is 99.6 Å². The Morgan fingerprint density at radius 2 is 2.08 bits per heavy atom. The first-order valence-electron chi connectivity index (χ1n) is 13.0. The van der Waals surface area contributed by atoms with Gasteiger partial charge < -0.3 is 24.4 Å². The molecule has 4 rings (SSSR count). The van der Waals surface area contributed by atoms with Crippen molar-refractivity contribution in [2.24, 2.45) is 11.8 Å². The molecule has 1 spiro atoms. The number of thioether (sulfide) groups is 1. The molecule has 0 aromatic rings. The van der Waals surface area contributed by atoms with Crippen LogP contribution < -0.4 is 0 Å². The fourth-order valence-electron chi connectivity index (χ4n) is 6.39. The zero-order valence-corrected chi connectivity index (χ0v) is 22.0. The van der Waals surface area contributed by atoms with Gasteiger partial charge >= 0.3 is 5.97 Å². The summed E-state index contributed by atoms with van der Waals surface area (Å²) in [5, 5.41) is 10.1. The van der Waals surface area contributed by atoms with Crippen molar-refractivity contribution in [1.29, 1.82) is 0 Å². The minimum absolute atomic E-state index is 0.0517. The molecule has 0 aromatic heterocycles. The molecule has 1 N–H and O–H groups in total. The summed E-state index contributed by atoms with van der Waals surface area (Å²) < 4.78 is 10.1. The molecule has 2 amide bonds. The van der Waals surface area contributed by atoms with Crippen LogP contribution in [0.15, 0.2) is 25.3 Å². The van der Waals surface area contributed by atoms with Gasteiger partial charge in [-0.2, -0.15) is 0 Å². The quantitative estimate of drug-likeness (QED) is 0.299. The van der Waals surface area contributed by atoms with Gasteiger partial charge in [-0.25, -0.2) is 0 Å². The predicted octanol–water partition coefficient (Wildman–Crippen LogP) is 0.925. The third-order valence-electron chi connectivity index (χ3n) is 8.11. The Balaban J connectivity index is 1.65. The highest BCUT2D eigenvalue weighted by molar-refractivity contribution is 8.02. The van der Waals surface area contributed by atoms with Gasteiger partial charge in [-0.1, -0.05) is 25.7 Å². The van der Waals surface area contributed by atoms with Gasteiger partial charge in [0.1, 0.15) is 12.6 Å². The third-order valence-corrected chi connectivity index (χ3v) is 10.1. The standard InChI is InChI=1S/C26H39N3O6S/c1-4-9-28(11-10-27-12-15-34-16-13-27)24(32)22-26-8-7-19(36-26)20(25(33)35-14-5-2)21(26)23(31)29(22)18(6-3)17-30/h4-5,18-22,30H,1-2,6-17H2,3H3/t18-,19-,20+,21-,22?,26?/m0/s1. The summed E-state index contributed by atoms with van der Waals surface area (Å²) in [4.78, 5) is 47.0. The van der Waals surface area contributed by atoms with Gasteiger partial charge in [-0.15, -0.1) is 18.3 Å². The minimum Gasteiger partial charge on any atom is -0.461 e. The molecule has 0 aromatic carbocycles. The largest absolute Gasteiger partial charge is 0.461 e. The van der Waals surface area contributed by atoms with Crippen LogP contribution in [0.4, 0.5) is 0 Å². The van der Waals surface area contributed by atoms with E-state index in [-0.39, 0.29) is 30.3 Å². The average molecular weight is 522 g/mol. The number of morpholine rings is 1. The number of aliphatic hydroxyl groups is 1. The lowest BCUT2D eigenvalue weighted by Crippen LogP contribution is -2.58. The van der Waals surface area contributed by atoms with E-state index in [0.717, 1.165) is 19.5 Å². The lowest BCUT2D eigenvalue weighted by Gasteiger charge is -2.40. The summed E-state index contributed by atoms with van der Waals surface area (Å²) in [6, 6.07) is -1.22. The number of aliphatic hydroxyl groups excluding tert-OH is 1. The highest BCUT2D eigenvalue weighted by Crippen LogP contribution is 2.67. The molecule has 10 heteroatoms. The second-order valence-corrected chi connectivity index (χ2v) is 11.6. The number of amides is 2. The fraction of sp³-hybridized carbons (Fsp3) is 0.731. The fourth-order valence-corrected chi connectivity index (χ4v) is 8.58. The Morgan fingerprint density at radius 1 is 1.33 bits per heavy atom. The number of carbonyl (C=O) groups excluding carboxylic acids is 3. The SMILES string of the molecule is C=CCOC(=O)[C@@H]1[C@@H]2CCC3(S2)C(C(=O)N(CC=C)CCN2CCOCC2)N([C@@H](CC)CO)C(=O)[C@H]13. The summed E-state index contributed by atoms with van der Waals surface area (Å²) in [6.07, 6.45) is 5.19. The number of hydrogen-bond donors (Lipinski definition) is 1. The summed E-state index contributed by atoms with van der Waals surface area (Å²) in [5.74, 6) is -1.95. The van der Waals surface area contributed by atoms with E-state index >= 15 is 0 Å². The van der Waals surface area contributed by atoms with Crippen LogP contribution in [0.3, 0.4) is 0 Å². The molecule has 4 saturated heterocycles. The van der Waals surface area contributed by atoms with Gasteiger partial charge in [-0.3, -0.25) is 19.3 Å². The van der Waals surface area contributed by atoms with Crippen molar-refractivity contribution in [3.63, 3.8) is 0 Å². The second-order valence-electron chi connectivity index (χ2n) is 9.99. The zero-order valence-electron chi connectivity index (χ0n) is 21.2. The van der Waals surface area contributed by atoms with Gasteiger partial charge in [0, 0.05) is 38.0 Å². The molecule has 4 aliphatic rings. The number of carbonyl (C=O) groups is 3. The smallest absolute Gasteiger partial charge is 0.311 e. The van der Waals surface area contributed by atoms with Crippen LogP contribution in [-0.4, -0.2) is 119 Å². The summed E-state index contributed by atoms with van der Waals surface area (Å²) in [6.45, 7) is 13.8. The second kappa shape index (κ2) is 11.7. The van der Waals surface area contributed by atoms with Gasteiger partial charge in [0.05, 0.1) is 42.4 Å². The molecule has 0 radical (unpaired) electrons. The number of nitrogens with zero attached hydrogens (tertiary/aromatic N) is 3. The Hall–Kier alpha value is -1.88. The molecule has 9 nitrogen and oxygen atoms in total. The Labute approximate surface area is 217 Å². The van der Waals surface area contributed by atoms with Crippen molar-refractivity contribution in [1.82, 2.24) is 14.7 Å². The van der Waals surface area contributed by atoms with E-state index in [1.807, 2.05) is 6.92 Å². The Morgan fingerprint density at radius 3 is 2.72 bits per heavy atom. The van der Waals surface area contributed by atoms with Crippen LogP contribution in [0, 0.1) is 11.8 Å². The number of rotatable bonds is 12. The third kappa shape index (κ3) is 4.73. The van der Waals surface area contributed by atoms with E-state index in [2.05, 4.69) is 18.1 Å². The number of likely N-dealkylation sites (tertiary alicyclic amines) is 1. The molecular weight excluding hydrogens is 482 g/mol. The highest BCUT2D eigenvalue weighted by atomic mass is 32.2. The molecule has 4 heterocycles. The van der Waals surface area contributed by atoms with Gasteiger partial charge in [0.2, 0.25) is 11.8 Å². The average Bonchev–Trinajstić information content (AvgIpc) is 3.54. The molecule has 4 fully saturated rings. The first-order valence-corrected chi connectivity index (χ1v) is 13.9. The summed E-state index contributed by atoms with van der Waals surface area (Å²) in [5.41, 5.74) is 0. The van der Waals surface area contributed by atoms with Crippen LogP contribution in [0.25, 0.3) is 0 Å². The molecule has 4 aliphatic heterocycles. The van der Waals surface area contributed by atoms with Crippen molar-refractivity contribution in [3.05, 3.63) is 25.3 Å². The van der Waals surface area contributed by atoms with E-state index in [0.29, 0.717) is 45.7 Å². The minimum atomic E-state index is -0.732. The predicted molar refractivity (Wildman–Crippen MR) is 137 cm³/mol. The van der Waals surface area contributed by atoms with Gasteiger partial charge in [0.25, 0.3) is 0 Å². The Bertz CT molecular complexity index is 861. The first kappa shape index (κ1) is 27.2. The number of ether oxygens (including phenoxy) is 2. The van der Waals surface area contributed by atoms with E-state index in [1.54, 1.807) is 27.6 Å². The lowest BCUT2D eigenvalue weighted by molar-refractivity contribution is -0.153. The van der Waals surface area contributed by atoms with E-state index in [1.165, 1.54) is 6.08 Å². The number of esters is 1. The Kier molecular flexibility index (Phi) is 8.80. The lowest BCUT2D eigenvalue weighted by atomic mass is 9.71. The van der Waals surface area contributed by atoms with Crippen LogP contribution in [0.5, 0.6) is 0 Å². The van der Waals surface area contributed by atoms with Crippen LogP contribution in [-0.2, 0) is 23.9 Å². The summed E-state index contributed by atoms with van der Waals surface area (Å²) >= 11 is 1.61. The van der Waals surface area contributed by atoms with E-state index in [4.69, 9.17) is 9.47 Å². The molecule has 200 valence electrons. The van der Waals surface area contributed by atoms with Crippen LogP contribution >= 0.6 is 11.8 Å². The summed E-state index contributed by atoms with van der Waals surface area (Å²) in [7, 11) is 0. The molecular formula is C26H39N3O6S. The molecule has 2 bridgehead atoms. The maximum atomic E-state index is 14.3.